The Kier molecular flexibility index (Phi) is 6.80. The van der Waals surface area contributed by atoms with Crippen LogP contribution in [0.4, 0.5) is 16.2 Å². The lowest BCUT2D eigenvalue weighted by Gasteiger charge is -2.36. The van der Waals surface area contributed by atoms with Crippen LogP contribution in [0.15, 0.2) is 54.6 Å². The smallest absolute Gasteiger partial charge is 0.317 e. The highest BCUT2D eigenvalue weighted by Crippen LogP contribution is 2.22. The molecule has 28 heavy (non-hydrogen) atoms. The normalized spacial score (nSPS) is 15.2. The molecule has 1 aliphatic heterocycles. The van der Waals surface area contributed by atoms with Crippen LogP contribution in [0.25, 0.3) is 0 Å². The Labute approximate surface area is 168 Å². The summed E-state index contributed by atoms with van der Waals surface area (Å²) in [4.78, 5) is 19.2. The Morgan fingerprint density at radius 2 is 1.57 bits per heavy atom. The molecule has 0 aliphatic carbocycles. The van der Waals surface area contributed by atoms with Crippen LogP contribution in [0.2, 0.25) is 0 Å². The fourth-order valence-electron chi connectivity index (χ4n) is 3.73. The molecule has 0 saturated carbocycles. The maximum atomic E-state index is 12.6. The number of nitrogens with one attached hydrogen (secondary N) is 1. The maximum Gasteiger partial charge on any atom is 0.317 e. The fourth-order valence-corrected chi connectivity index (χ4v) is 3.73. The van der Waals surface area contributed by atoms with Crippen LogP contribution >= 0.6 is 0 Å². The van der Waals surface area contributed by atoms with Crippen molar-refractivity contribution in [1.82, 2.24) is 10.2 Å². The number of amides is 2. The van der Waals surface area contributed by atoms with Gasteiger partial charge in [-0.3, -0.25) is 0 Å². The standard InChI is InChI=1S/C23H32N4O/c1-4-25(5-2)21-11-13-22(14-12-21)26-15-17-27(18-16-26)23(28)24-19(3)20-9-7-6-8-10-20/h6-14,19H,4-5,15-18H2,1-3H3,(H,24,28). The Balaban J connectivity index is 1.52. The van der Waals surface area contributed by atoms with E-state index in [0.717, 1.165) is 44.8 Å². The fraction of sp³-hybridized carbons (Fsp3) is 0.435. The van der Waals surface area contributed by atoms with Crippen molar-refractivity contribution >= 4 is 17.4 Å². The van der Waals surface area contributed by atoms with E-state index in [1.807, 2.05) is 42.2 Å². The first kappa shape index (κ1) is 20.1. The van der Waals surface area contributed by atoms with Crippen LogP contribution in [0.5, 0.6) is 0 Å². The molecular formula is C23H32N4O. The molecule has 3 rings (SSSR count). The summed E-state index contributed by atoms with van der Waals surface area (Å²) in [6, 6.07) is 18.9. The molecule has 2 amide bonds. The highest BCUT2D eigenvalue weighted by Gasteiger charge is 2.22. The molecule has 1 unspecified atom stereocenters. The van der Waals surface area contributed by atoms with Crippen molar-refractivity contribution in [2.45, 2.75) is 26.8 Å². The number of carbonyl (C=O) groups excluding carboxylic acids is 1. The van der Waals surface area contributed by atoms with E-state index < -0.39 is 0 Å². The average Bonchev–Trinajstić information content (AvgIpc) is 2.76. The van der Waals surface area contributed by atoms with Crippen molar-refractivity contribution in [2.24, 2.45) is 0 Å². The lowest BCUT2D eigenvalue weighted by atomic mass is 10.1. The molecule has 1 heterocycles. The third-order valence-electron chi connectivity index (χ3n) is 5.55. The molecule has 2 aromatic carbocycles. The van der Waals surface area contributed by atoms with Crippen LogP contribution in [-0.4, -0.2) is 50.2 Å². The van der Waals surface area contributed by atoms with E-state index in [0.29, 0.717) is 0 Å². The molecule has 150 valence electrons. The second-order valence-electron chi connectivity index (χ2n) is 7.24. The number of rotatable bonds is 6. The SMILES string of the molecule is CCN(CC)c1ccc(N2CCN(C(=O)NC(C)c3ccccc3)CC2)cc1. The van der Waals surface area contributed by atoms with Gasteiger partial charge in [-0.05, 0) is 50.6 Å². The molecule has 1 N–H and O–H groups in total. The van der Waals surface area contributed by atoms with Gasteiger partial charge in [-0.1, -0.05) is 30.3 Å². The minimum atomic E-state index is 0.0133. The van der Waals surface area contributed by atoms with Crippen molar-refractivity contribution in [3.05, 3.63) is 60.2 Å². The lowest BCUT2D eigenvalue weighted by Crippen LogP contribution is -2.52. The molecule has 2 aromatic rings. The summed E-state index contributed by atoms with van der Waals surface area (Å²) in [5.74, 6) is 0. The number of benzene rings is 2. The molecule has 0 aromatic heterocycles. The summed E-state index contributed by atoms with van der Waals surface area (Å²) >= 11 is 0. The first-order valence-electron chi connectivity index (χ1n) is 10.3. The predicted molar refractivity (Wildman–Crippen MR) is 117 cm³/mol. The van der Waals surface area contributed by atoms with Gasteiger partial charge < -0.3 is 20.0 Å². The minimum absolute atomic E-state index is 0.0133. The molecule has 0 radical (unpaired) electrons. The van der Waals surface area contributed by atoms with E-state index >= 15 is 0 Å². The minimum Gasteiger partial charge on any atom is -0.372 e. The number of urea groups is 1. The summed E-state index contributed by atoms with van der Waals surface area (Å²) in [7, 11) is 0. The quantitative estimate of drug-likeness (QED) is 0.819. The van der Waals surface area contributed by atoms with Gasteiger partial charge in [-0.15, -0.1) is 0 Å². The molecular weight excluding hydrogens is 348 g/mol. The van der Waals surface area contributed by atoms with Gasteiger partial charge in [-0.25, -0.2) is 4.79 Å². The Morgan fingerprint density at radius 1 is 0.964 bits per heavy atom. The summed E-state index contributed by atoms with van der Waals surface area (Å²) in [6.07, 6.45) is 0. The maximum absolute atomic E-state index is 12.6. The number of hydrogen-bond donors (Lipinski definition) is 1. The summed E-state index contributed by atoms with van der Waals surface area (Å²) in [5, 5.41) is 3.12. The van der Waals surface area contributed by atoms with Gasteiger partial charge >= 0.3 is 6.03 Å². The number of piperazine rings is 1. The Hall–Kier alpha value is -2.69. The lowest BCUT2D eigenvalue weighted by molar-refractivity contribution is 0.191. The number of nitrogens with zero attached hydrogens (tertiary/aromatic N) is 3. The first-order chi connectivity index (χ1) is 13.6. The Morgan fingerprint density at radius 3 is 2.14 bits per heavy atom. The topological polar surface area (TPSA) is 38.8 Å². The van der Waals surface area contributed by atoms with Gasteiger partial charge in [-0.2, -0.15) is 0 Å². The van der Waals surface area contributed by atoms with E-state index in [9.17, 15) is 4.79 Å². The van der Waals surface area contributed by atoms with E-state index in [-0.39, 0.29) is 12.1 Å². The molecule has 1 saturated heterocycles. The second-order valence-corrected chi connectivity index (χ2v) is 7.24. The number of anilines is 2. The van der Waals surface area contributed by atoms with E-state index in [2.05, 4.69) is 53.2 Å². The molecule has 1 fully saturated rings. The predicted octanol–water partition coefficient (Wildman–Crippen LogP) is 4.13. The highest BCUT2D eigenvalue weighted by atomic mass is 16.2. The van der Waals surface area contributed by atoms with Gasteiger partial charge in [0.05, 0.1) is 6.04 Å². The zero-order valence-corrected chi connectivity index (χ0v) is 17.3. The van der Waals surface area contributed by atoms with Gasteiger partial charge in [0.2, 0.25) is 0 Å². The van der Waals surface area contributed by atoms with E-state index in [4.69, 9.17) is 0 Å². The van der Waals surface area contributed by atoms with Crippen molar-refractivity contribution in [3.8, 4) is 0 Å². The highest BCUT2D eigenvalue weighted by molar-refractivity contribution is 5.75. The van der Waals surface area contributed by atoms with Crippen LogP contribution in [0.3, 0.4) is 0 Å². The molecule has 0 spiro atoms. The monoisotopic (exact) mass is 380 g/mol. The van der Waals surface area contributed by atoms with Gasteiger partial charge in [0.25, 0.3) is 0 Å². The summed E-state index contributed by atoms with van der Waals surface area (Å²) < 4.78 is 0. The van der Waals surface area contributed by atoms with Gasteiger partial charge in [0.1, 0.15) is 0 Å². The van der Waals surface area contributed by atoms with E-state index in [1.165, 1.54) is 11.4 Å². The van der Waals surface area contributed by atoms with Gasteiger partial charge in [0, 0.05) is 50.6 Å². The first-order valence-corrected chi connectivity index (χ1v) is 10.3. The third kappa shape index (κ3) is 4.77. The Bertz CT molecular complexity index is 735. The zero-order chi connectivity index (χ0) is 19.9. The van der Waals surface area contributed by atoms with Crippen molar-refractivity contribution in [2.75, 3.05) is 49.1 Å². The van der Waals surface area contributed by atoms with Crippen LogP contribution in [-0.2, 0) is 0 Å². The molecule has 1 aliphatic rings. The van der Waals surface area contributed by atoms with Gasteiger partial charge in [0.15, 0.2) is 0 Å². The van der Waals surface area contributed by atoms with Crippen LogP contribution in [0, 0.1) is 0 Å². The summed E-state index contributed by atoms with van der Waals surface area (Å²) in [5.41, 5.74) is 3.62. The van der Waals surface area contributed by atoms with Crippen molar-refractivity contribution in [3.63, 3.8) is 0 Å². The number of hydrogen-bond acceptors (Lipinski definition) is 3. The molecule has 0 bridgehead atoms. The van der Waals surface area contributed by atoms with E-state index in [1.54, 1.807) is 0 Å². The number of carbonyl (C=O) groups is 1. The second kappa shape index (κ2) is 9.49. The summed E-state index contributed by atoms with van der Waals surface area (Å²) in [6.45, 7) is 11.6. The van der Waals surface area contributed by atoms with Crippen LogP contribution < -0.4 is 15.1 Å². The molecule has 5 heteroatoms. The van der Waals surface area contributed by atoms with Crippen LogP contribution in [0.1, 0.15) is 32.4 Å². The largest absolute Gasteiger partial charge is 0.372 e. The third-order valence-corrected chi connectivity index (χ3v) is 5.55. The van der Waals surface area contributed by atoms with Crippen molar-refractivity contribution in [1.29, 1.82) is 0 Å². The zero-order valence-electron chi connectivity index (χ0n) is 17.3. The molecule has 5 nitrogen and oxygen atoms in total. The van der Waals surface area contributed by atoms with Crippen molar-refractivity contribution < 1.29 is 4.79 Å². The average molecular weight is 381 g/mol. The molecule has 1 atom stereocenters.